The van der Waals surface area contributed by atoms with Crippen molar-refractivity contribution in [1.82, 2.24) is 9.97 Å². The Morgan fingerprint density at radius 3 is 1.88 bits per heavy atom. The number of thiocarbonyl (C=S) groups is 1. The van der Waals surface area contributed by atoms with E-state index in [1.165, 1.54) is 0 Å². The summed E-state index contributed by atoms with van der Waals surface area (Å²) in [6.45, 7) is 0. The predicted octanol–water partition coefficient (Wildman–Crippen LogP) is 2.27. The molecule has 0 spiro atoms. The summed E-state index contributed by atoms with van der Waals surface area (Å²) in [5, 5.41) is 6.73. The van der Waals surface area contributed by atoms with E-state index in [0.29, 0.717) is 5.11 Å². The molecule has 0 saturated heterocycles. The van der Waals surface area contributed by atoms with Crippen molar-refractivity contribution in [3.8, 4) is 11.4 Å². The van der Waals surface area contributed by atoms with Crippen LogP contribution in [0.2, 0.25) is 0 Å². The first-order valence-electron chi connectivity index (χ1n) is 4.83. The van der Waals surface area contributed by atoms with Gasteiger partial charge in [-0.05, 0) is 36.5 Å². The van der Waals surface area contributed by atoms with E-state index in [0.717, 1.165) is 22.8 Å². The van der Waals surface area contributed by atoms with Crippen LogP contribution in [0.1, 0.15) is 0 Å². The third-order valence-electron chi connectivity index (χ3n) is 2.34. The molecule has 0 atom stereocenters. The molecule has 2 aromatic rings. The Bertz CT molecular complexity index is 518. The second-order valence-corrected chi connectivity index (χ2v) is 3.79. The van der Waals surface area contributed by atoms with E-state index < -0.39 is 0 Å². The fourth-order valence-corrected chi connectivity index (χ4v) is 1.89. The first-order valence-corrected chi connectivity index (χ1v) is 5.24. The minimum atomic E-state index is 0.556. The maximum atomic E-state index is 5.17. The molecule has 0 fully saturated rings. The van der Waals surface area contributed by atoms with Crippen molar-refractivity contribution in [2.24, 2.45) is 0 Å². The number of anilines is 2. The molecule has 0 bridgehead atoms. The van der Waals surface area contributed by atoms with Crippen molar-refractivity contribution in [1.29, 1.82) is 0 Å². The quantitative estimate of drug-likeness (QED) is 0.677. The molecule has 2 aromatic heterocycles. The van der Waals surface area contributed by atoms with Gasteiger partial charge in [-0.25, -0.2) is 0 Å². The number of hydrogen-bond acceptors (Lipinski definition) is 3. The minimum Gasteiger partial charge on any atom is -0.331 e. The molecule has 3 heterocycles. The zero-order valence-corrected chi connectivity index (χ0v) is 9.08. The van der Waals surface area contributed by atoms with Crippen LogP contribution in [0.3, 0.4) is 0 Å². The highest BCUT2D eigenvalue weighted by molar-refractivity contribution is 7.80. The van der Waals surface area contributed by atoms with E-state index in [1.807, 2.05) is 24.3 Å². The molecule has 1 aliphatic heterocycles. The maximum absolute atomic E-state index is 5.17. The predicted molar refractivity (Wildman–Crippen MR) is 67.3 cm³/mol. The van der Waals surface area contributed by atoms with Gasteiger partial charge in [0.05, 0.1) is 11.4 Å². The number of nitrogens with zero attached hydrogens (tertiary/aromatic N) is 2. The molecule has 0 aliphatic carbocycles. The van der Waals surface area contributed by atoms with Gasteiger partial charge in [0.15, 0.2) is 5.11 Å². The van der Waals surface area contributed by atoms with E-state index in [9.17, 15) is 0 Å². The van der Waals surface area contributed by atoms with Gasteiger partial charge in [0, 0.05) is 12.4 Å². The molecule has 0 unspecified atom stereocenters. The van der Waals surface area contributed by atoms with E-state index >= 15 is 0 Å². The lowest BCUT2D eigenvalue weighted by Crippen LogP contribution is -2.17. The van der Waals surface area contributed by atoms with Crippen molar-refractivity contribution in [3.05, 3.63) is 36.7 Å². The first kappa shape index (κ1) is 9.23. The average Bonchev–Trinajstić information content (AvgIpc) is 2.44. The Morgan fingerprint density at radius 2 is 1.38 bits per heavy atom. The summed E-state index contributed by atoms with van der Waals surface area (Å²) in [6.07, 6.45) is 3.49. The molecule has 2 N–H and O–H groups in total. The zero-order valence-electron chi connectivity index (χ0n) is 8.27. The number of nitrogens with one attached hydrogen (secondary N) is 2. The topological polar surface area (TPSA) is 49.8 Å². The molecular formula is C11H8N4S. The van der Waals surface area contributed by atoms with Crippen LogP contribution in [0, 0.1) is 0 Å². The van der Waals surface area contributed by atoms with Crippen LogP contribution < -0.4 is 10.6 Å². The molecule has 0 aromatic carbocycles. The van der Waals surface area contributed by atoms with Crippen LogP contribution in [0.5, 0.6) is 0 Å². The van der Waals surface area contributed by atoms with Gasteiger partial charge in [-0.15, -0.1) is 0 Å². The summed E-state index contributed by atoms with van der Waals surface area (Å²) >= 11 is 5.17. The summed E-state index contributed by atoms with van der Waals surface area (Å²) < 4.78 is 0. The Kier molecular flexibility index (Phi) is 2.04. The Morgan fingerprint density at radius 1 is 0.875 bits per heavy atom. The van der Waals surface area contributed by atoms with E-state index in [4.69, 9.17) is 12.2 Å². The maximum Gasteiger partial charge on any atom is 0.175 e. The van der Waals surface area contributed by atoms with Crippen LogP contribution in [0.15, 0.2) is 36.7 Å². The van der Waals surface area contributed by atoms with Crippen LogP contribution >= 0.6 is 12.2 Å². The largest absolute Gasteiger partial charge is 0.331 e. The fraction of sp³-hybridized carbons (Fsp3) is 0. The van der Waals surface area contributed by atoms with Gasteiger partial charge in [0.25, 0.3) is 0 Å². The number of rotatable bonds is 0. The first-order chi connectivity index (χ1) is 7.84. The van der Waals surface area contributed by atoms with Gasteiger partial charge in [-0.2, -0.15) is 0 Å². The molecule has 1 aliphatic rings. The van der Waals surface area contributed by atoms with Gasteiger partial charge in [0.2, 0.25) is 0 Å². The number of pyridine rings is 2. The Labute approximate surface area is 97.7 Å². The molecule has 78 valence electrons. The minimum absolute atomic E-state index is 0.556. The molecule has 16 heavy (non-hydrogen) atoms. The molecule has 0 saturated carbocycles. The second-order valence-electron chi connectivity index (χ2n) is 3.38. The van der Waals surface area contributed by atoms with Crippen LogP contribution in [-0.2, 0) is 0 Å². The van der Waals surface area contributed by atoms with Crippen molar-refractivity contribution >= 4 is 28.7 Å². The lowest BCUT2D eigenvalue weighted by atomic mass is 10.2. The van der Waals surface area contributed by atoms with Crippen molar-refractivity contribution in [2.45, 2.75) is 0 Å². The summed E-state index contributed by atoms with van der Waals surface area (Å²) in [4.78, 5) is 8.66. The molecule has 5 heteroatoms. The van der Waals surface area contributed by atoms with E-state index in [2.05, 4.69) is 20.6 Å². The lowest BCUT2D eigenvalue weighted by Gasteiger charge is -2.05. The average molecular weight is 228 g/mol. The number of fused-ring (bicyclic) bond motifs is 3. The van der Waals surface area contributed by atoms with Gasteiger partial charge in [-0.3, -0.25) is 9.97 Å². The van der Waals surface area contributed by atoms with E-state index in [1.54, 1.807) is 12.4 Å². The normalized spacial score (nSPS) is 12.9. The standard InChI is InChI=1S/C11H8N4S/c16-11-14-7-3-1-5-12-9(7)10-8(15-11)4-2-6-13-10/h1-6H,(H2,14,15,16). The molecule has 3 rings (SSSR count). The van der Waals surface area contributed by atoms with Gasteiger partial charge >= 0.3 is 0 Å². The highest BCUT2D eigenvalue weighted by atomic mass is 32.1. The third kappa shape index (κ3) is 1.42. The monoisotopic (exact) mass is 228 g/mol. The van der Waals surface area contributed by atoms with Crippen LogP contribution in [0.4, 0.5) is 11.4 Å². The molecule has 0 amide bonds. The molecular weight excluding hydrogens is 220 g/mol. The smallest absolute Gasteiger partial charge is 0.175 e. The summed E-state index contributed by atoms with van der Waals surface area (Å²) in [6, 6.07) is 7.59. The summed E-state index contributed by atoms with van der Waals surface area (Å²) in [5.74, 6) is 0. The number of hydrogen-bond donors (Lipinski definition) is 2. The lowest BCUT2D eigenvalue weighted by molar-refractivity contribution is 1.26. The Balaban J connectivity index is 2.30. The number of aromatic nitrogens is 2. The molecule has 0 radical (unpaired) electrons. The van der Waals surface area contributed by atoms with Crippen molar-refractivity contribution in [2.75, 3.05) is 10.6 Å². The Hall–Kier alpha value is -2.01. The zero-order chi connectivity index (χ0) is 11.0. The SMILES string of the molecule is S=C1Nc2cccnc2-c2ncccc2N1. The highest BCUT2D eigenvalue weighted by Gasteiger charge is 2.17. The van der Waals surface area contributed by atoms with Crippen LogP contribution in [0.25, 0.3) is 11.4 Å². The molecule has 4 nitrogen and oxygen atoms in total. The van der Waals surface area contributed by atoms with Gasteiger partial charge in [0.1, 0.15) is 11.4 Å². The summed E-state index contributed by atoms with van der Waals surface area (Å²) in [7, 11) is 0. The van der Waals surface area contributed by atoms with Gasteiger partial charge in [-0.1, -0.05) is 0 Å². The van der Waals surface area contributed by atoms with Gasteiger partial charge < -0.3 is 10.6 Å². The highest BCUT2D eigenvalue weighted by Crippen LogP contribution is 2.31. The third-order valence-corrected chi connectivity index (χ3v) is 2.54. The van der Waals surface area contributed by atoms with Crippen LogP contribution in [-0.4, -0.2) is 15.1 Å². The van der Waals surface area contributed by atoms with E-state index in [-0.39, 0.29) is 0 Å². The van der Waals surface area contributed by atoms with Crippen molar-refractivity contribution < 1.29 is 0 Å². The fourth-order valence-electron chi connectivity index (χ4n) is 1.67. The second kappa shape index (κ2) is 3.53. The summed E-state index contributed by atoms with van der Waals surface area (Å²) in [5.41, 5.74) is 3.37. The van der Waals surface area contributed by atoms with Crippen molar-refractivity contribution in [3.63, 3.8) is 0 Å².